The summed E-state index contributed by atoms with van der Waals surface area (Å²) in [5, 5.41) is 9.59. The lowest BCUT2D eigenvalue weighted by atomic mass is 10.2. The Morgan fingerprint density at radius 2 is 2.03 bits per heavy atom. The fraction of sp³-hybridized carbons (Fsp3) is 0.143. The third-order valence-corrected chi connectivity index (χ3v) is 6.08. The molecule has 0 radical (unpaired) electrons. The second-order valence-electron chi connectivity index (χ2n) is 6.37. The summed E-state index contributed by atoms with van der Waals surface area (Å²) in [5.74, 6) is 0.422. The molecular weight excluding hydrogens is 424 g/mol. The molecule has 0 saturated heterocycles. The summed E-state index contributed by atoms with van der Waals surface area (Å²) in [5.41, 5.74) is 0.549. The lowest BCUT2D eigenvalue weighted by molar-refractivity contribution is 0.412. The van der Waals surface area contributed by atoms with Crippen LogP contribution in [0, 0.1) is 11.3 Å². The molecule has 0 fully saturated rings. The van der Waals surface area contributed by atoms with E-state index in [2.05, 4.69) is 11.1 Å². The predicted molar refractivity (Wildman–Crippen MR) is 117 cm³/mol. The summed E-state index contributed by atoms with van der Waals surface area (Å²) in [6.45, 7) is 0.155. The molecule has 0 aliphatic heterocycles. The molecule has 4 aromatic rings. The molecule has 0 N–H and O–H groups in total. The van der Waals surface area contributed by atoms with Crippen molar-refractivity contribution < 1.29 is 4.74 Å². The minimum absolute atomic E-state index is 0.126. The van der Waals surface area contributed by atoms with E-state index in [0.29, 0.717) is 26.7 Å². The molecule has 0 bridgehead atoms. The molecule has 3 aromatic heterocycles. The van der Waals surface area contributed by atoms with E-state index in [0.717, 1.165) is 15.0 Å². The van der Waals surface area contributed by atoms with E-state index < -0.39 is 11.2 Å². The van der Waals surface area contributed by atoms with E-state index in [1.54, 1.807) is 18.2 Å². The average molecular weight is 439 g/mol. The van der Waals surface area contributed by atoms with Crippen molar-refractivity contribution in [3.8, 4) is 27.9 Å². The van der Waals surface area contributed by atoms with Crippen LogP contribution in [-0.4, -0.2) is 21.2 Å². The van der Waals surface area contributed by atoms with Gasteiger partial charge in [-0.25, -0.2) is 9.36 Å². The van der Waals surface area contributed by atoms with Gasteiger partial charge >= 0.3 is 5.69 Å². The van der Waals surface area contributed by atoms with Crippen LogP contribution in [0.5, 0.6) is 5.75 Å². The van der Waals surface area contributed by atoms with E-state index in [9.17, 15) is 9.59 Å². The molecule has 0 saturated carbocycles. The number of aromatic nitrogens is 3. The zero-order valence-corrected chi connectivity index (χ0v) is 17.4. The van der Waals surface area contributed by atoms with E-state index in [-0.39, 0.29) is 13.0 Å². The first-order chi connectivity index (χ1) is 14.5. The Balaban J connectivity index is 2.05. The minimum Gasteiger partial charge on any atom is -0.495 e. The number of hydrogen-bond donors (Lipinski definition) is 0. The normalized spacial score (nSPS) is 10.8. The van der Waals surface area contributed by atoms with Gasteiger partial charge < -0.3 is 4.74 Å². The van der Waals surface area contributed by atoms with E-state index in [1.807, 2.05) is 18.2 Å². The Bertz CT molecular complexity index is 1410. The standard InChI is InChI=1S/C21H15ClN4O3S/c1-29-14-9-13(11-24-12-14)26-20(27)19-17(25(21(26)28)8-4-7-23)10-18(30-19)15-5-2-3-6-16(15)22/h2-3,5-6,9-12H,4,8H2,1H3. The van der Waals surface area contributed by atoms with Gasteiger partial charge in [-0.1, -0.05) is 29.8 Å². The third kappa shape index (κ3) is 3.38. The highest BCUT2D eigenvalue weighted by Gasteiger charge is 2.19. The largest absolute Gasteiger partial charge is 0.495 e. The van der Waals surface area contributed by atoms with Crippen molar-refractivity contribution >= 4 is 33.2 Å². The molecule has 0 atom stereocenters. The first kappa shape index (κ1) is 19.9. The summed E-state index contributed by atoms with van der Waals surface area (Å²) in [7, 11) is 1.48. The van der Waals surface area contributed by atoms with Gasteiger partial charge in [0, 0.05) is 28.1 Å². The van der Waals surface area contributed by atoms with Crippen LogP contribution in [0.3, 0.4) is 0 Å². The van der Waals surface area contributed by atoms with Crippen LogP contribution in [0.2, 0.25) is 5.02 Å². The van der Waals surface area contributed by atoms with Crippen LogP contribution in [-0.2, 0) is 6.54 Å². The molecule has 0 aliphatic carbocycles. The second kappa shape index (κ2) is 8.14. The molecule has 150 valence electrons. The van der Waals surface area contributed by atoms with Crippen LogP contribution < -0.4 is 16.0 Å². The highest BCUT2D eigenvalue weighted by Crippen LogP contribution is 2.35. The maximum absolute atomic E-state index is 13.3. The molecule has 0 amide bonds. The first-order valence-electron chi connectivity index (χ1n) is 8.96. The number of ether oxygens (including phenoxy) is 1. The van der Waals surface area contributed by atoms with Gasteiger partial charge in [-0.2, -0.15) is 5.26 Å². The topological polar surface area (TPSA) is 89.9 Å². The van der Waals surface area contributed by atoms with E-state index in [4.69, 9.17) is 21.6 Å². The van der Waals surface area contributed by atoms with Crippen LogP contribution in [0.4, 0.5) is 0 Å². The van der Waals surface area contributed by atoms with Crippen molar-refractivity contribution in [3.63, 3.8) is 0 Å². The lowest BCUT2D eigenvalue weighted by Gasteiger charge is -2.11. The van der Waals surface area contributed by atoms with Crippen molar-refractivity contribution in [2.75, 3.05) is 7.11 Å². The Labute approximate surface area is 180 Å². The molecule has 0 aliphatic rings. The summed E-state index contributed by atoms with van der Waals surface area (Å²) in [4.78, 5) is 31.4. The highest BCUT2D eigenvalue weighted by atomic mass is 35.5. The maximum Gasteiger partial charge on any atom is 0.336 e. The molecular formula is C21H15ClN4O3S. The van der Waals surface area contributed by atoms with Crippen LogP contribution in [0.15, 0.2) is 58.4 Å². The Hall–Kier alpha value is -3.41. The number of thiophene rings is 1. The third-order valence-electron chi connectivity index (χ3n) is 4.60. The van der Waals surface area contributed by atoms with Gasteiger partial charge in [0.1, 0.15) is 10.4 Å². The summed E-state index contributed by atoms with van der Waals surface area (Å²) in [6, 6.07) is 12.7. The number of halogens is 1. The Morgan fingerprint density at radius 3 is 2.77 bits per heavy atom. The summed E-state index contributed by atoms with van der Waals surface area (Å²) < 4.78 is 8.06. The van der Waals surface area contributed by atoms with Crippen LogP contribution in [0.25, 0.3) is 26.3 Å². The van der Waals surface area contributed by atoms with E-state index >= 15 is 0 Å². The number of aryl methyl sites for hydroxylation is 1. The summed E-state index contributed by atoms with van der Waals surface area (Å²) >= 11 is 7.59. The second-order valence-corrected chi connectivity index (χ2v) is 7.83. The van der Waals surface area contributed by atoms with Crippen LogP contribution in [0.1, 0.15) is 6.42 Å². The number of nitrogens with zero attached hydrogens (tertiary/aromatic N) is 4. The maximum atomic E-state index is 13.3. The van der Waals surface area contributed by atoms with Crippen molar-refractivity contribution in [3.05, 3.63) is 74.7 Å². The zero-order valence-electron chi connectivity index (χ0n) is 15.8. The fourth-order valence-electron chi connectivity index (χ4n) is 3.19. The van der Waals surface area contributed by atoms with Crippen molar-refractivity contribution in [1.29, 1.82) is 5.26 Å². The SMILES string of the molecule is COc1cncc(-n2c(=O)c3sc(-c4ccccc4Cl)cc3n(CCC#N)c2=O)c1. The molecule has 0 spiro atoms. The molecule has 0 unspecified atom stereocenters. The number of nitriles is 1. The van der Waals surface area contributed by atoms with Gasteiger partial charge in [0.15, 0.2) is 0 Å². The molecule has 1 aromatic carbocycles. The smallest absolute Gasteiger partial charge is 0.336 e. The van der Waals surface area contributed by atoms with Gasteiger partial charge in [0.05, 0.1) is 43.2 Å². The monoisotopic (exact) mass is 438 g/mol. The zero-order chi connectivity index (χ0) is 21.3. The number of rotatable bonds is 5. The quantitative estimate of drug-likeness (QED) is 0.472. The number of pyridine rings is 1. The predicted octanol–water partition coefficient (Wildman–Crippen LogP) is 3.85. The van der Waals surface area contributed by atoms with Crippen molar-refractivity contribution in [1.82, 2.24) is 14.1 Å². The molecule has 9 heteroatoms. The number of fused-ring (bicyclic) bond motifs is 1. The van der Waals surface area contributed by atoms with Gasteiger partial charge in [0.2, 0.25) is 0 Å². The first-order valence-corrected chi connectivity index (χ1v) is 10.1. The molecule has 4 rings (SSSR count). The highest BCUT2D eigenvalue weighted by molar-refractivity contribution is 7.22. The van der Waals surface area contributed by atoms with Crippen molar-refractivity contribution in [2.24, 2.45) is 0 Å². The summed E-state index contributed by atoms with van der Waals surface area (Å²) in [6.07, 6.45) is 3.04. The van der Waals surface area contributed by atoms with Gasteiger partial charge in [0.25, 0.3) is 5.56 Å². The number of benzene rings is 1. The lowest BCUT2D eigenvalue weighted by Crippen LogP contribution is -2.38. The molecule has 7 nitrogen and oxygen atoms in total. The number of hydrogen-bond acceptors (Lipinski definition) is 6. The average Bonchev–Trinajstić information content (AvgIpc) is 3.19. The number of methoxy groups -OCH3 is 1. The molecule has 3 heterocycles. The van der Waals surface area contributed by atoms with E-state index in [1.165, 1.54) is 35.4 Å². The van der Waals surface area contributed by atoms with Gasteiger partial charge in [-0.05, 0) is 12.1 Å². The van der Waals surface area contributed by atoms with Crippen molar-refractivity contribution in [2.45, 2.75) is 13.0 Å². The van der Waals surface area contributed by atoms with Crippen LogP contribution >= 0.6 is 22.9 Å². The minimum atomic E-state index is -0.540. The Morgan fingerprint density at radius 1 is 1.23 bits per heavy atom. The molecule has 30 heavy (non-hydrogen) atoms. The van der Waals surface area contributed by atoms with Gasteiger partial charge in [-0.3, -0.25) is 14.3 Å². The Kier molecular flexibility index (Phi) is 5.40. The van der Waals surface area contributed by atoms with Gasteiger partial charge in [-0.15, -0.1) is 11.3 Å². The fourth-order valence-corrected chi connectivity index (χ4v) is 4.61.